The number of nitrogens with zero attached hydrogens (tertiary/aromatic N) is 1. The number of carbonyl (C=O) groups is 2. The van der Waals surface area contributed by atoms with Gasteiger partial charge in [0.05, 0.1) is 18.6 Å². The van der Waals surface area contributed by atoms with Crippen molar-refractivity contribution in [2.45, 2.75) is 32.6 Å². The Labute approximate surface area is 89.2 Å². The van der Waals surface area contributed by atoms with E-state index in [2.05, 4.69) is 0 Å². The predicted molar refractivity (Wildman–Crippen MR) is 52.7 cm³/mol. The van der Waals surface area contributed by atoms with Gasteiger partial charge in [0.15, 0.2) is 5.78 Å². The first-order valence-electron chi connectivity index (χ1n) is 5.29. The fourth-order valence-corrected chi connectivity index (χ4v) is 1.88. The van der Waals surface area contributed by atoms with Gasteiger partial charge in [-0.05, 0) is 19.8 Å². The number of hydrogen-bond donors (Lipinski definition) is 0. The van der Waals surface area contributed by atoms with Gasteiger partial charge in [-0.2, -0.15) is 5.26 Å². The zero-order valence-electron chi connectivity index (χ0n) is 8.86. The van der Waals surface area contributed by atoms with Gasteiger partial charge >= 0.3 is 5.97 Å². The highest BCUT2D eigenvalue weighted by Crippen LogP contribution is 2.27. The van der Waals surface area contributed by atoms with Crippen LogP contribution in [0.15, 0.2) is 0 Å². The monoisotopic (exact) mass is 209 g/mol. The predicted octanol–water partition coefficient (Wildman–Crippen LogP) is 1.45. The first-order valence-corrected chi connectivity index (χ1v) is 5.29. The quantitative estimate of drug-likeness (QED) is 0.510. The van der Waals surface area contributed by atoms with Crippen molar-refractivity contribution in [3.05, 3.63) is 0 Å². The number of rotatable bonds is 2. The summed E-state index contributed by atoms with van der Waals surface area (Å²) in [6.07, 6.45) is 2.58. The first kappa shape index (κ1) is 11.7. The van der Waals surface area contributed by atoms with Crippen molar-refractivity contribution in [2.24, 2.45) is 11.8 Å². The van der Waals surface area contributed by atoms with Crippen molar-refractivity contribution < 1.29 is 14.3 Å². The SMILES string of the molecule is CCOC(=O)C1CCCCC(=O)C1C#N. The average Bonchev–Trinajstić information content (AvgIpc) is 2.40. The topological polar surface area (TPSA) is 67.2 Å². The molecule has 1 aliphatic rings. The molecule has 0 aromatic carbocycles. The molecule has 1 saturated carbocycles. The third-order valence-corrected chi connectivity index (χ3v) is 2.67. The fraction of sp³-hybridized carbons (Fsp3) is 0.727. The molecule has 0 aromatic rings. The van der Waals surface area contributed by atoms with Crippen LogP contribution in [0.1, 0.15) is 32.6 Å². The Morgan fingerprint density at radius 2 is 2.33 bits per heavy atom. The maximum atomic E-state index is 11.5. The maximum absolute atomic E-state index is 11.5. The standard InChI is InChI=1S/C11H15NO3/c1-2-15-11(14)8-5-3-4-6-10(13)9(8)7-12/h8-9H,2-6H2,1H3. The van der Waals surface area contributed by atoms with Crippen LogP contribution in [0.2, 0.25) is 0 Å². The second kappa shape index (κ2) is 5.50. The smallest absolute Gasteiger partial charge is 0.310 e. The molecule has 15 heavy (non-hydrogen) atoms. The normalized spacial score (nSPS) is 26.5. The van der Waals surface area contributed by atoms with Gasteiger partial charge in [0.1, 0.15) is 5.92 Å². The highest BCUT2D eigenvalue weighted by molar-refractivity contribution is 5.89. The van der Waals surface area contributed by atoms with E-state index < -0.39 is 17.8 Å². The lowest BCUT2D eigenvalue weighted by atomic mass is 9.88. The van der Waals surface area contributed by atoms with Crippen LogP contribution >= 0.6 is 0 Å². The molecule has 2 unspecified atom stereocenters. The molecule has 4 nitrogen and oxygen atoms in total. The molecule has 1 aliphatic carbocycles. The van der Waals surface area contributed by atoms with Gasteiger partial charge in [0.2, 0.25) is 0 Å². The van der Waals surface area contributed by atoms with Crippen LogP contribution < -0.4 is 0 Å². The molecule has 0 spiro atoms. The Morgan fingerprint density at radius 3 is 2.93 bits per heavy atom. The molecule has 0 amide bonds. The molecule has 1 fully saturated rings. The number of ether oxygens (including phenoxy) is 1. The van der Waals surface area contributed by atoms with E-state index in [1.54, 1.807) is 6.92 Å². The van der Waals surface area contributed by atoms with E-state index in [0.29, 0.717) is 19.4 Å². The molecule has 4 heteroatoms. The van der Waals surface area contributed by atoms with E-state index in [1.165, 1.54) is 0 Å². The molecular formula is C11H15NO3. The first-order chi connectivity index (χ1) is 7.20. The third-order valence-electron chi connectivity index (χ3n) is 2.67. The van der Waals surface area contributed by atoms with E-state index in [1.807, 2.05) is 6.07 Å². The van der Waals surface area contributed by atoms with E-state index in [4.69, 9.17) is 10.00 Å². The minimum Gasteiger partial charge on any atom is -0.466 e. The Kier molecular flexibility index (Phi) is 4.29. The van der Waals surface area contributed by atoms with Gasteiger partial charge in [0.25, 0.3) is 0 Å². The Hall–Kier alpha value is -1.37. The molecule has 0 bridgehead atoms. The summed E-state index contributed by atoms with van der Waals surface area (Å²) in [4.78, 5) is 23.1. The van der Waals surface area contributed by atoms with Crippen LogP contribution in [0.4, 0.5) is 0 Å². The van der Waals surface area contributed by atoms with Crippen molar-refractivity contribution in [1.29, 1.82) is 5.26 Å². The van der Waals surface area contributed by atoms with Gasteiger partial charge in [-0.3, -0.25) is 9.59 Å². The fourth-order valence-electron chi connectivity index (χ4n) is 1.88. The van der Waals surface area contributed by atoms with Crippen LogP contribution in [0, 0.1) is 23.2 Å². The van der Waals surface area contributed by atoms with E-state index in [-0.39, 0.29) is 5.78 Å². The number of nitriles is 1. The molecule has 82 valence electrons. The molecule has 0 aliphatic heterocycles. The van der Waals surface area contributed by atoms with Crippen LogP contribution in [0.5, 0.6) is 0 Å². The molecule has 2 atom stereocenters. The van der Waals surface area contributed by atoms with Gasteiger partial charge < -0.3 is 4.74 Å². The molecule has 0 heterocycles. The largest absolute Gasteiger partial charge is 0.466 e. The second-order valence-corrected chi connectivity index (χ2v) is 3.68. The second-order valence-electron chi connectivity index (χ2n) is 3.68. The molecular weight excluding hydrogens is 194 g/mol. The van der Waals surface area contributed by atoms with Gasteiger partial charge in [-0.25, -0.2) is 0 Å². The van der Waals surface area contributed by atoms with E-state index in [0.717, 1.165) is 12.8 Å². The van der Waals surface area contributed by atoms with Gasteiger partial charge in [-0.15, -0.1) is 0 Å². The van der Waals surface area contributed by atoms with Crippen molar-refractivity contribution in [3.63, 3.8) is 0 Å². The zero-order chi connectivity index (χ0) is 11.3. The summed E-state index contributed by atoms with van der Waals surface area (Å²) in [5.41, 5.74) is 0. The van der Waals surface area contributed by atoms with Crippen molar-refractivity contribution in [3.8, 4) is 6.07 Å². The van der Waals surface area contributed by atoms with Gasteiger partial charge in [0, 0.05) is 6.42 Å². The Morgan fingerprint density at radius 1 is 1.60 bits per heavy atom. The minimum absolute atomic E-state index is 0.118. The summed E-state index contributed by atoms with van der Waals surface area (Å²) in [5.74, 6) is -1.87. The summed E-state index contributed by atoms with van der Waals surface area (Å²) in [7, 11) is 0. The van der Waals surface area contributed by atoms with Crippen molar-refractivity contribution >= 4 is 11.8 Å². The average molecular weight is 209 g/mol. The summed E-state index contributed by atoms with van der Waals surface area (Å²) < 4.78 is 4.88. The number of Topliss-reactive ketones (excluding diaryl/α,β-unsaturated/α-hetero) is 1. The highest BCUT2D eigenvalue weighted by atomic mass is 16.5. The lowest BCUT2D eigenvalue weighted by molar-refractivity contribution is -0.151. The number of hydrogen-bond acceptors (Lipinski definition) is 4. The Bertz CT molecular complexity index is 293. The molecule has 0 N–H and O–H groups in total. The summed E-state index contributed by atoms with van der Waals surface area (Å²) in [6.45, 7) is 2.01. The van der Waals surface area contributed by atoms with Crippen LogP contribution in [-0.4, -0.2) is 18.4 Å². The number of carbonyl (C=O) groups excluding carboxylic acids is 2. The number of esters is 1. The van der Waals surface area contributed by atoms with Crippen LogP contribution in [0.25, 0.3) is 0 Å². The lowest BCUT2D eigenvalue weighted by Gasteiger charge is -2.16. The maximum Gasteiger partial charge on any atom is 0.310 e. The Balaban J connectivity index is 2.78. The summed E-state index contributed by atoms with van der Waals surface area (Å²) in [5, 5.41) is 8.90. The van der Waals surface area contributed by atoms with E-state index in [9.17, 15) is 9.59 Å². The van der Waals surface area contributed by atoms with Gasteiger partial charge in [-0.1, -0.05) is 6.42 Å². The summed E-state index contributed by atoms with van der Waals surface area (Å²) in [6, 6.07) is 1.93. The zero-order valence-corrected chi connectivity index (χ0v) is 8.86. The van der Waals surface area contributed by atoms with Crippen molar-refractivity contribution in [1.82, 2.24) is 0 Å². The molecule has 0 aromatic heterocycles. The molecule has 0 radical (unpaired) electrons. The third kappa shape index (κ3) is 2.79. The molecule has 0 saturated heterocycles. The minimum atomic E-state index is -0.799. The number of ketones is 1. The van der Waals surface area contributed by atoms with E-state index >= 15 is 0 Å². The van der Waals surface area contributed by atoms with Crippen molar-refractivity contribution in [2.75, 3.05) is 6.61 Å². The van der Waals surface area contributed by atoms with Crippen LogP contribution in [-0.2, 0) is 14.3 Å². The lowest BCUT2D eigenvalue weighted by Crippen LogP contribution is -2.28. The summed E-state index contributed by atoms with van der Waals surface area (Å²) >= 11 is 0. The highest BCUT2D eigenvalue weighted by Gasteiger charge is 2.35. The molecule has 1 rings (SSSR count). The van der Waals surface area contributed by atoms with Crippen LogP contribution in [0.3, 0.4) is 0 Å².